The number of rotatable bonds is 7. The molecule has 27 heavy (non-hydrogen) atoms. The van der Waals surface area contributed by atoms with Crippen molar-refractivity contribution in [3.8, 4) is 0 Å². The SMILES string of the molecule is CCc1nccn1CCC(=O)NCc1ccc(C(=O)N2CCCCC2)cc1. The molecular formula is C21H28N4O2. The Morgan fingerprint density at radius 2 is 1.85 bits per heavy atom. The monoisotopic (exact) mass is 368 g/mol. The van der Waals surface area contributed by atoms with E-state index in [9.17, 15) is 9.59 Å². The van der Waals surface area contributed by atoms with Gasteiger partial charge in [0.2, 0.25) is 5.91 Å². The summed E-state index contributed by atoms with van der Waals surface area (Å²) in [5, 5.41) is 2.94. The number of hydrogen-bond donors (Lipinski definition) is 1. The van der Waals surface area contributed by atoms with Gasteiger partial charge in [-0.25, -0.2) is 4.98 Å². The lowest BCUT2D eigenvalue weighted by Gasteiger charge is -2.26. The Balaban J connectivity index is 1.45. The van der Waals surface area contributed by atoms with E-state index in [0.717, 1.165) is 49.3 Å². The third kappa shape index (κ3) is 5.18. The summed E-state index contributed by atoms with van der Waals surface area (Å²) < 4.78 is 2.01. The summed E-state index contributed by atoms with van der Waals surface area (Å²) in [6.07, 6.45) is 8.35. The molecule has 1 N–H and O–H groups in total. The van der Waals surface area contributed by atoms with E-state index in [1.165, 1.54) is 6.42 Å². The molecule has 0 spiro atoms. The molecule has 144 valence electrons. The van der Waals surface area contributed by atoms with Crippen LogP contribution in [0.1, 0.15) is 54.4 Å². The maximum absolute atomic E-state index is 12.5. The Morgan fingerprint density at radius 3 is 2.56 bits per heavy atom. The second kappa shape index (κ2) is 9.35. The van der Waals surface area contributed by atoms with Crippen LogP contribution >= 0.6 is 0 Å². The molecule has 0 atom stereocenters. The molecular weight excluding hydrogens is 340 g/mol. The van der Waals surface area contributed by atoms with Gasteiger partial charge in [0.1, 0.15) is 5.82 Å². The zero-order chi connectivity index (χ0) is 19.1. The lowest BCUT2D eigenvalue weighted by atomic mass is 10.1. The number of imidazole rings is 1. The fourth-order valence-electron chi connectivity index (χ4n) is 3.41. The van der Waals surface area contributed by atoms with Crippen molar-refractivity contribution in [2.45, 2.75) is 52.1 Å². The standard InChI is InChI=1S/C21H28N4O2/c1-2-19-22-11-15-24(19)14-10-20(26)23-16-17-6-8-18(9-7-17)21(27)25-12-4-3-5-13-25/h6-9,11,15H,2-5,10,12-14,16H2,1H3,(H,23,26). The van der Waals surface area contributed by atoms with Crippen molar-refractivity contribution in [3.63, 3.8) is 0 Å². The van der Waals surface area contributed by atoms with Crippen molar-refractivity contribution in [1.29, 1.82) is 0 Å². The Kier molecular flexibility index (Phi) is 6.63. The third-order valence-corrected chi connectivity index (χ3v) is 5.03. The van der Waals surface area contributed by atoms with E-state index in [-0.39, 0.29) is 11.8 Å². The van der Waals surface area contributed by atoms with Crippen molar-refractivity contribution in [1.82, 2.24) is 19.8 Å². The van der Waals surface area contributed by atoms with E-state index in [1.54, 1.807) is 6.20 Å². The maximum atomic E-state index is 12.5. The molecule has 1 saturated heterocycles. The van der Waals surface area contributed by atoms with Gasteiger partial charge in [-0.15, -0.1) is 0 Å². The van der Waals surface area contributed by atoms with Gasteiger partial charge in [-0.2, -0.15) is 0 Å². The first-order valence-corrected chi connectivity index (χ1v) is 9.82. The van der Waals surface area contributed by atoms with Crippen molar-refractivity contribution in [2.75, 3.05) is 13.1 Å². The highest BCUT2D eigenvalue weighted by Gasteiger charge is 2.17. The smallest absolute Gasteiger partial charge is 0.253 e. The third-order valence-electron chi connectivity index (χ3n) is 5.03. The lowest BCUT2D eigenvalue weighted by molar-refractivity contribution is -0.121. The van der Waals surface area contributed by atoms with Gasteiger partial charge in [-0.1, -0.05) is 19.1 Å². The molecule has 6 heteroatoms. The van der Waals surface area contributed by atoms with Crippen LogP contribution in [-0.2, 0) is 24.3 Å². The molecule has 1 fully saturated rings. The van der Waals surface area contributed by atoms with Crippen molar-refractivity contribution in [2.24, 2.45) is 0 Å². The normalized spacial score (nSPS) is 14.2. The lowest BCUT2D eigenvalue weighted by Crippen LogP contribution is -2.35. The molecule has 0 bridgehead atoms. The number of aryl methyl sites for hydroxylation is 2. The largest absolute Gasteiger partial charge is 0.352 e. The zero-order valence-corrected chi connectivity index (χ0v) is 16.0. The number of piperidine rings is 1. The number of carbonyl (C=O) groups excluding carboxylic acids is 2. The first-order chi connectivity index (χ1) is 13.2. The van der Waals surface area contributed by atoms with Gasteiger partial charge in [0.15, 0.2) is 0 Å². The minimum absolute atomic E-state index is 0.0132. The first kappa shape index (κ1) is 19.1. The molecule has 2 aromatic rings. The second-order valence-corrected chi connectivity index (χ2v) is 6.97. The van der Waals surface area contributed by atoms with E-state index in [2.05, 4.69) is 17.2 Å². The highest BCUT2D eigenvalue weighted by molar-refractivity contribution is 5.94. The highest BCUT2D eigenvalue weighted by atomic mass is 16.2. The predicted molar refractivity (Wildman–Crippen MR) is 104 cm³/mol. The number of nitrogens with one attached hydrogen (secondary N) is 1. The summed E-state index contributed by atoms with van der Waals surface area (Å²) in [5.74, 6) is 1.12. The Bertz CT molecular complexity index is 761. The van der Waals surface area contributed by atoms with E-state index < -0.39 is 0 Å². The Labute approximate surface area is 160 Å². The van der Waals surface area contributed by atoms with E-state index in [1.807, 2.05) is 39.9 Å². The minimum Gasteiger partial charge on any atom is -0.352 e. The molecule has 1 aliphatic rings. The molecule has 0 radical (unpaired) electrons. The number of likely N-dealkylation sites (tertiary alicyclic amines) is 1. The van der Waals surface area contributed by atoms with Gasteiger partial charge < -0.3 is 14.8 Å². The molecule has 1 aromatic heterocycles. The summed E-state index contributed by atoms with van der Waals surface area (Å²) in [6, 6.07) is 7.56. The molecule has 0 aliphatic carbocycles. The molecule has 2 heterocycles. The van der Waals surface area contributed by atoms with Crippen molar-refractivity contribution >= 4 is 11.8 Å². The van der Waals surface area contributed by atoms with Crippen LogP contribution < -0.4 is 5.32 Å². The van der Waals surface area contributed by atoms with E-state index in [0.29, 0.717) is 19.5 Å². The van der Waals surface area contributed by atoms with Gasteiger partial charge in [0.25, 0.3) is 5.91 Å². The van der Waals surface area contributed by atoms with Gasteiger partial charge in [0.05, 0.1) is 0 Å². The number of hydrogen-bond acceptors (Lipinski definition) is 3. The van der Waals surface area contributed by atoms with Crippen LogP contribution in [0.15, 0.2) is 36.7 Å². The van der Waals surface area contributed by atoms with Gasteiger partial charge in [-0.05, 0) is 37.0 Å². The minimum atomic E-state index is 0.0132. The second-order valence-electron chi connectivity index (χ2n) is 6.97. The molecule has 2 amide bonds. The van der Waals surface area contributed by atoms with Gasteiger partial charge in [-0.3, -0.25) is 9.59 Å². The highest BCUT2D eigenvalue weighted by Crippen LogP contribution is 2.14. The topological polar surface area (TPSA) is 67.2 Å². The van der Waals surface area contributed by atoms with Crippen LogP contribution in [0.3, 0.4) is 0 Å². The number of amides is 2. The molecule has 3 rings (SSSR count). The van der Waals surface area contributed by atoms with Crippen LogP contribution in [0.2, 0.25) is 0 Å². The Hall–Kier alpha value is -2.63. The fraction of sp³-hybridized carbons (Fsp3) is 0.476. The van der Waals surface area contributed by atoms with E-state index >= 15 is 0 Å². The van der Waals surface area contributed by atoms with E-state index in [4.69, 9.17) is 0 Å². The summed E-state index contributed by atoms with van der Waals surface area (Å²) in [5.41, 5.74) is 1.72. The average molecular weight is 368 g/mol. The van der Waals surface area contributed by atoms with Crippen molar-refractivity contribution in [3.05, 3.63) is 53.6 Å². The van der Waals surface area contributed by atoms with Crippen LogP contribution in [-0.4, -0.2) is 39.4 Å². The number of aromatic nitrogens is 2. The summed E-state index contributed by atoms with van der Waals surface area (Å²) >= 11 is 0. The Morgan fingerprint density at radius 1 is 1.11 bits per heavy atom. The van der Waals surface area contributed by atoms with Crippen molar-refractivity contribution < 1.29 is 9.59 Å². The van der Waals surface area contributed by atoms with Crippen LogP contribution in [0.5, 0.6) is 0 Å². The predicted octanol–water partition coefficient (Wildman–Crippen LogP) is 2.78. The number of carbonyl (C=O) groups is 2. The average Bonchev–Trinajstić information content (AvgIpc) is 3.19. The fourth-order valence-corrected chi connectivity index (χ4v) is 3.41. The molecule has 0 saturated carbocycles. The maximum Gasteiger partial charge on any atom is 0.253 e. The molecule has 0 unspecified atom stereocenters. The zero-order valence-electron chi connectivity index (χ0n) is 16.0. The summed E-state index contributed by atoms with van der Waals surface area (Å²) in [6.45, 7) is 4.87. The van der Waals surface area contributed by atoms with Gasteiger partial charge >= 0.3 is 0 Å². The van der Waals surface area contributed by atoms with Crippen LogP contribution in [0.25, 0.3) is 0 Å². The van der Waals surface area contributed by atoms with Crippen LogP contribution in [0.4, 0.5) is 0 Å². The quantitative estimate of drug-likeness (QED) is 0.817. The molecule has 1 aromatic carbocycles. The summed E-state index contributed by atoms with van der Waals surface area (Å²) in [4.78, 5) is 30.8. The molecule has 1 aliphatic heterocycles. The van der Waals surface area contributed by atoms with Crippen LogP contribution in [0, 0.1) is 0 Å². The van der Waals surface area contributed by atoms with Gasteiger partial charge in [0, 0.05) is 57.0 Å². The summed E-state index contributed by atoms with van der Waals surface area (Å²) in [7, 11) is 0. The number of benzene rings is 1. The molecule has 6 nitrogen and oxygen atoms in total. The number of nitrogens with zero attached hydrogens (tertiary/aromatic N) is 3. The first-order valence-electron chi connectivity index (χ1n) is 9.82.